The van der Waals surface area contributed by atoms with E-state index in [0.29, 0.717) is 6.42 Å². The van der Waals surface area contributed by atoms with E-state index in [4.69, 9.17) is 10.2 Å². The fraction of sp³-hybridized carbons (Fsp3) is 0.462. The second kappa shape index (κ2) is 7.63. The number of nitrogens with one attached hydrogen (secondary N) is 2. The number of carbonyl (C=O) groups is 3. The van der Waals surface area contributed by atoms with Gasteiger partial charge in [0.1, 0.15) is 6.04 Å². The minimum absolute atomic E-state index is 0.192. The van der Waals surface area contributed by atoms with Crippen LogP contribution >= 0.6 is 11.3 Å². The van der Waals surface area contributed by atoms with Crippen LogP contribution in [0.2, 0.25) is 0 Å². The number of aliphatic carboxylic acids is 2. The molecule has 1 heterocycles. The molecule has 0 spiro atoms. The summed E-state index contributed by atoms with van der Waals surface area (Å²) >= 11 is 1.63. The maximum absolute atomic E-state index is 11.7. The molecule has 1 aromatic rings. The SMILES string of the molecule is Cc1ccc(CC(C)NC(=O)NC(CC(=O)O)C(=O)O)s1. The van der Waals surface area contributed by atoms with Crippen molar-refractivity contribution in [2.45, 2.75) is 38.8 Å². The molecule has 0 fully saturated rings. The van der Waals surface area contributed by atoms with Gasteiger partial charge in [0, 0.05) is 22.2 Å². The summed E-state index contributed by atoms with van der Waals surface area (Å²) < 4.78 is 0. The second-order valence-corrected chi connectivity index (χ2v) is 6.10. The Bertz CT molecular complexity index is 528. The molecule has 0 aliphatic carbocycles. The molecule has 0 aliphatic heterocycles. The Morgan fingerprint density at radius 2 is 1.90 bits per heavy atom. The first-order valence-electron chi connectivity index (χ1n) is 6.35. The molecule has 7 nitrogen and oxygen atoms in total. The van der Waals surface area contributed by atoms with E-state index in [1.807, 2.05) is 19.1 Å². The van der Waals surface area contributed by atoms with Crippen LogP contribution < -0.4 is 10.6 Å². The van der Waals surface area contributed by atoms with Gasteiger partial charge in [-0.15, -0.1) is 11.3 Å². The normalized spacial score (nSPS) is 13.2. The standard InChI is InChI=1S/C13H18N2O5S/c1-7(5-9-4-3-8(2)21-9)14-13(20)15-10(12(18)19)6-11(16)17/h3-4,7,10H,5-6H2,1-2H3,(H,16,17)(H,18,19)(H2,14,15,20). The number of rotatable bonds is 7. The van der Waals surface area contributed by atoms with Gasteiger partial charge in [0.15, 0.2) is 0 Å². The third-order valence-electron chi connectivity index (χ3n) is 2.66. The zero-order chi connectivity index (χ0) is 16.0. The molecule has 1 aromatic heterocycles. The number of hydrogen-bond donors (Lipinski definition) is 4. The maximum atomic E-state index is 11.7. The Hall–Kier alpha value is -2.09. The van der Waals surface area contributed by atoms with Crippen molar-refractivity contribution < 1.29 is 24.6 Å². The third-order valence-corrected chi connectivity index (χ3v) is 3.69. The van der Waals surface area contributed by atoms with Crippen LogP contribution in [-0.4, -0.2) is 40.3 Å². The molecule has 4 N–H and O–H groups in total. The third kappa shape index (κ3) is 6.26. The van der Waals surface area contributed by atoms with Crippen molar-refractivity contribution >= 4 is 29.3 Å². The minimum atomic E-state index is -1.45. The average molecular weight is 314 g/mol. The fourth-order valence-corrected chi connectivity index (χ4v) is 2.77. The zero-order valence-electron chi connectivity index (χ0n) is 11.8. The van der Waals surface area contributed by atoms with Gasteiger partial charge in [-0.25, -0.2) is 9.59 Å². The number of thiophene rings is 1. The quantitative estimate of drug-likeness (QED) is 0.604. The lowest BCUT2D eigenvalue weighted by Crippen LogP contribution is -2.49. The Morgan fingerprint density at radius 1 is 1.24 bits per heavy atom. The molecule has 2 amide bonds. The molecular formula is C13H18N2O5S. The molecule has 1 rings (SSSR count). The number of carbonyl (C=O) groups excluding carboxylic acids is 1. The lowest BCUT2D eigenvalue weighted by Gasteiger charge is -2.17. The van der Waals surface area contributed by atoms with Crippen molar-refractivity contribution in [3.8, 4) is 0 Å². The minimum Gasteiger partial charge on any atom is -0.481 e. The van der Waals surface area contributed by atoms with Crippen LogP contribution in [0.3, 0.4) is 0 Å². The van der Waals surface area contributed by atoms with E-state index < -0.39 is 30.4 Å². The molecule has 0 radical (unpaired) electrons. The summed E-state index contributed by atoms with van der Waals surface area (Å²) in [5, 5.41) is 22.2. The van der Waals surface area contributed by atoms with Gasteiger partial charge in [-0.3, -0.25) is 4.79 Å². The van der Waals surface area contributed by atoms with E-state index in [-0.39, 0.29) is 6.04 Å². The lowest BCUT2D eigenvalue weighted by molar-refractivity contribution is -0.145. The van der Waals surface area contributed by atoms with E-state index in [1.165, 1.54) is 4.88 Å². The van der Waals surface area contributed by atoms with Crippen LogP contribution in [0.15, 0.2) is 12.1 Å². The monoisotopic (exact) mass is 314 g/mol. The predicted octanol–water partition coefficient (Wildman–Crippen LogP) is 1.21. The summed E-state index contributed by atoms with van der Waals surface area (Å²) in [5.41, 5.74) is 0. The summed E-state index contributed by atoms with van der Waals surface area (Å²) in [5.74, 6) is -2.67. The van der Waals surface area contributed by atoms with E-state index in [2.05, 4.69) is 10.6 Å². The summed E-state index contributed by atoms with van der Waals surface area (Å²) in [6, 6.07) is 1.63. The van der Waals surface area contributed by atoms with Gasteiger partial charge >= 0.3 is 18.0 Å². The Labute approximate surface area is 126 Å². The van der Waals surface area contributed by atoms with Crippen molar-refractivity contribution in [1.29, 1.82) is 0 Å². The zero-order valence-corrected chi connectivity index (χ0v) is 12.6. The van der Waals surface area contributed by atoms with Gasteiger partial charge in [0.05, 0.1) is 6.42 Å². The summed E-state index contributed by atoms with van der Waals surface area (Å²) in [6.45, 7) is 3.78. The molecular weight excluding hydrogens is 296 g/mol. The number of carboxylic acid groups (broad SMARTS) is 2. The van der Waals surface area contributed by atoms with E-state index in [9.17, 15) is 14.4 Å². The van der Waals surface area contributed by atoms with Gasteiger partial charge in [-0.1, -0.05) is 0 Å². The Balaban J connectivity index is 2.47. The molecule has 0 saturated carbocycles. The molecule has 8 heteroatoms. The van der Waals surface area contributed by atoms with Crippen molar-refractivity contribution in [2.24, 2.45) is 0 Å². The van der Waals surface area contributed by atoms with Crippen LogP contribution in [0.4, 0.5) is 4.79 Å². The molecule has 0 bridgehead atoms. The number of aryl methyl sites for hydroxylation is 1. The van der Waals surface area contributed by atoms with E-state index in [0.717, 1.165) is 4.88 Å². The molecule has 21 heavy (non-hydrogen) atoms. The smallest absolute Gasteiger partial charge is 0.326 e. The predicted molar refractivity (Wildman–Crippen MR) is 77.6 cm³/mol. The number of amides is 2. The first kappa shape index (κ1) is 17.0. The topological polar surface area (TPSA) is 116 Å². The molecule has 0 aliphatic rings. The Morgan fingerprint density at radius 3 is 2.38 bits per heavy atom. The number of carboxylic acids is 2. The number of urea groups is 1. The Kier molecular flexibility index (Phi) is 6.16. The highest BCUT2D eigenvalue weighted by molar-refractivity contribution is 7.11. The highest BCUT2D eigenvalue weighted by Gasteiger charge is 2.23. The molecule has 0 aromatic carbocycles. The van der Waals surface area contributed by atoms with Crippen molar-refractivity contribution in [1.82, 2.24) is 10.6 Å². The highest BCUT2D eigenvalue weighted by Crippen LogP contribution is 2.16. The van der Waals surface area contributed by atoms with Gasteiger partial charge < -0.3 is 20.8 Å². The second-order valence-electron chi connectivity index (χ2n) is 4.72. The molecule has 0 saturated heterocycles. The maximum Gasteiger partial charge on any atom is 0.326 e. The summed E-state index contributed by atoms with van der Waals surface area (Å²) in [6.07, 6.45) is -0.0378. The molecule has 116 valence electrons. The van der Waals surface area contributed by atoms with Gasteiger partial charge in [0.25, 0.3) is 0 Å². The number of hydrogen-bond acceptors (Lipinski definition) is 4. The molecule has 2 unspecified atom stereocenters. The van der Waals surface area contributed by atoms with Gasteiger partial charge in [-0.05, 0) is 26.0 Å². The van der Waals surface area contributed by atoms with Crippen LogP contribution in [0, 0.1) is 6.92 Å². The largest absolute Gasteiger partial charge is 0.481 e. The first-order chi connectivity index (χ1) is 9.77. The molecule has 2 atom stereocenters. The van der Waals surface area contributed by atoms with Gasteiger partial charge in [0.2, 0.25) is 0 Å². The van der Waals surface area contributed by atoms with Crippen LogP contribution in [0.5, 0.6) is 0 Å². The van der Waals surface area contributed by atoms with Crippen molar-refractivity contribution in [2.75, 3.05) is 0 Å². The first-order valence-corrected chi connectivity index (χ1v) is 7.16. The average Bonchev–Trinajstić information content (AvgIpc) is 2.72. The van der Waals surface area contributed by atoms with Crippen molar-refractivity contribution in [3.63, 3.8) is 0 Å². The van der Waals surface area contributed by atoms with Crippen LogP contribution in [0.25, 0.3) is 0 Å². The summed E-state index contributed by atoms with van der Waals surface area (Å²) in [7, 11) is 0. The van der Waals surface area contributed by atoms with E-state index in [1.54, 1.807) is 18.3 Å². The fourth-order valence-electron chi connectivity index (χ4n) is 1.75. The van der Waals surface area contributed by atoms with Crippen molar-refractivity contribution in [3.05, 3.63) is 21.9 Å². The van der Waals surface area contributed by atoms with Gasteiger partial charge in [-0.2, -0.15) is 0 Å². The van der Waals surface area contributed by atoms with E-state index >= 15 is 0 Å². The highest BCUT2D eigenvalue weighted by atomic mass is 32.1. The van der Waals surface area contributed by atoms with Crippen LogP contribution in [0.1, 0.15) is 23.1 Å². The summed E-state index contributed by atoms with van der Waals surface area (Å²) in [4.78, 5) is 35.3. The lowest BCUT2D eigenvalue weighted by atomic mass is 10.2. The van der Waals surface area contributed by atoms with Crippen LogP contribution in [-0.2, 0) is 16.0 Å².